The minimum atomic E-state index is -0.461. The van der Waals surface area contributed by atoms with Crippen LogP contribution in [0.2, 0.25) is 10.0 Å². The van der Waals surface area contributed by atoms with E-state index in [2.05, 4.69) is 0 Å². The van der Waals surface area contributed by atoms with E-state index in [1.54, 1.807) is 6.07 Å². The largest absolute Gasteiger partial charge is 0.324 e. The average Bonchev–Trinajstić information content (AvgIpc) is 2.35. The second kappa shape index (κ2) is 5.55. The summed E-state index contributed by atoms with van der Waals surface area (Å²) in [5.41, 5.74) is 6.54. The molecule has 1 aromatic rings. The van der Waals surface area contributed by atoms with Gasteiger partial charge in [-0.1, -0.05) is 42.5 Å². The number of nitrogens with two attached hydrogens (primary N) is 1. The van der Waals surface area contributed by atoms with Crippen LogP contribution in [0.25, 0.3) is 0 Å². The lowest BCUT2D eigenvalue weighted by molar-refractivity contribution is 0.303. The van der Waals surface area contributed by atoms with Crippen LogP contribution in [0.15, 0.2) is 12.1 Å². The molecule has 0 aliphatic heterocycles. The molecule has 2 N–H and O–H groups in total. The molecule has 1 aromatic carbocycles. The topological polar surface area (TPSA) is 26.0 Å². The Labute approximate surface area is 111 Å². The number of benzene rings is 1. The van der Waals surface area contributed by atoms with E-state index in [0.29, 0.717) is 16.5 Å². The molecule has 1 fully saturated rings. The molecule has 2 rings (SSSR count). The molecule has 0 aromatic heterocycles. The van der Waals surface area contributed by atoms with Gasteiger partial charge in [-0.05, 0) is 30.9 Å². The zero-order valence-electron chi connectivity index (χ0n) is 9.56. The lowest BCUT2D eigenvalue weighted by Gasteiger charge is -2.28. The molecular weight excluding hydrogens is 260 g/mol. The summed E-state index contributed by atoms with van der Waals surface area (Å²) in [4.78, 5) is 0. The first kappa shape index (κ1) is 13.1. The van der Waals surface area contributed by atoms with Crippen molar-refractivity contribution in [3.05, 3.63) is 33.6 Å². The predicted octanol–water partition coefficient (Wildman–Crippen LogP) is 4.71. The number of hydrogen-bond acceptors (Lipinski definition) is 1. The van der Waals surface area contributed by atoms with Crippen LogP contribution in [0, 0.1) is 11.7 Å². The third-order valence-corrected chi connectivity index (χ3v) is 4.19. The Balaban J connectivity index is 2.29. The van der Waals surface area contributed by atoms with Crippen LogP contribution in [0.3, 0.4) is 0 Å². The van der Waals surface area contributed by atoms with Crippen molar-refractivity contribution in [3.63, 3.8) is 0 Å². The zero-order valence-corrected chi connectivity index (χ0v) is 11.1. The summed E-state index contributed by atoms with van der Waals surface area (Å²) >= 11 is 11.8. The predicted molar refractivity (Wildman–Crippen MR) is 69.9 cm³/mol. The molecule has 0 bridgehead atoms. The lowest BCUT2D eigenvalue weighted by atomic mass is 9.81. The fourth-order valence-electron chi connectivity index (χ4n) is 2.58. The Morgan fingerprint density at radius 1 is 1.12 bits per heavy atom. The first-order valence-corrected chi connectivity index (χ1v) is 6.76. The first-order valence-electron chi connectivity index (χ1n) is 6.00. The molecule has 1 saturated carbocycles. The molecule has 0 unspecified atom stereocenters. The van der Waals surface area contributed by atoms with Crippen LogP contribution < -0.4 is 5.73 Å². The molecule has 1 nitrogen and oxygen atoms in total. The monoisotopic (exact) mass is 275 g/mol. The fourth-order valence-corrected chi connectivity index (χ4v) is 3.01. The van der Waals surface area contributed by atoms with Gasteiger partial charge in [-0.3, -0.25) is 0 Å². The van der Waals surface area contributed by atoms with Gasteiger partial charge in [-0.15, -0.1) is 0 Å². The van der Waals surface area contributed by atoms with Crippen LogP contribution in [0.5, 0.6) is 0 Å². The second-order valence-electron chi connectivity index (χ2n) is 4.68. The Bertz CT molecular complexity index is 403. The lowest BCUT2D eigenvalue weighted by Crippen LogP contribution is -2.25. The normalized spacial score (nSPS) is 19.3. The molecule has 1 atom stereocenters. The molecule has 17 heavy (non-hydrogen) atoms. The Kier molecular flexibility index (Phi) is 4.29. The minimum Gasteiger partial charge on any atom is -0.324 e. The summed E-state index contributed by atoms with van der Waals surface area (Å²) in [6.45, 7) is 0. The van der Waals surface area contributed by atoms with Gasteiger partial charge in [-0.25, -0.2) is 4.39 Å². The highest BCUT2D eigenvalue weighted by Crippen LogP contribution is 2.38. The summed E-state index contributed by atoms with van der Waals surface area (Å²) in [7, 11) is 0. The smallest absolute Gasteiger partial charge is 0.148 e. The van der Waals surface area contributed by atoms with Gasteiger partial charge >= 0.3 is 0 Å². The van der Waals surface area contributed by atoms with Crippen molar-refractivity contribution in [3.8, 4) is 0 Å². The molecule has 94 valence electrons. The van der Waals surface area contributed by atoms with E-state index >= 15 is 0 Å². The molecule has 0 saturated heterocycles. The van der Waals surface area contributed by atoms with Crippen molar-refractivity contribution < 1.29 is 4.39 Å². The zero-order chi connectivity index (χ0) is 12.4. The van der Waals surface area contributed by atoms with Crippen LogP contribution in [0.4, 0.5) is 4.39 Å². The average molecular weight is 276 g/mol. The van der Waals surface area contributed by atoms with Gasteiger partial charge in [0, 0.05) is 16.6 Å². The SMILES string of the molecule is N[C@H](c1c(Cl)ccc(Cl)c1F)C1CCCCC1. The highest BCUT2D eigenvalue weighted by molar-refractivity contribution is 6.33. The Morgan fingerprint density at radius 2 is 1.71 bits per heavy atom. The maximum Gasteiger partial charge on any atom is 0.148 e. The molecule has 0 spiro atoms. The second-order valence-corrected chi connectivity index (χ2v) is 5.50. The van der Waals surface area contributed by atoms with Gasteiger partial charge in [0.15, 0.2) is 0 Å². The van der Waals surface area contributed by atoms with Crippen molar-refractivity contribution in [2.75, 3.05) is 0 Å². The Morgan fingerprint density at radius 3 is 2.35 bits per heavy atom. The van der Waals surface area contributed by atoms with E-state index in [1.807, 2.05) is 0 Å². The van der Waals surface area contributed by atoms with E-state index in [0.717, 1.165) is 25.7 Å². The quantitative estimate of drug-likeness (QED) is 0.777. The van der Waals surface area contributed by atoms with Crippen LogP contribution in [0.1, 0.15) is 43.7 Å². The van der Waals surface area contributed by atoms with E-state index in [4.69, 9.17) is 28.9 Å². The number of rotatable bonds is 2. The number of hydrogen-bond donors (Lipinski definition) is 1. The summed E-state index contributed by atoms with van der Waals surface area (Å²) < 4.78 is 14.0. The minimum absolute atomic E-state index is 0.0932. The van der Waals surface area contributed by atoms with Crippen LogP contribution in [-0.4, -0.2) is 0 Å². The molecule has 0 heterocycles. The van der Waals surface area contributed by atoms with E-state index in [9.17, 15) is 4.39 Å². The van der Waals surface area contributed by atoms with Crippen molar-refractivity contribution >= 4 is 23.2 Å². The molecular formula is C13H16Cl2FN. The molecule has 0 radical (unpaired) electrons. The van der Waals surface area contributed by atoms with Gasteiger partial charge < -0.3 is 5.73 Å². The standard InChI is InChI=1S/C13H16Cl2FN/c14-9-6-7-10(15)12(16)11(9)13(17)8-4-2-1-3-5-8/h6-8,13H,1-5,17H2/t13-/m0/s1. The van der Waals surface area contributed by atoms with Gasteiger partial charge in [0.25, 0.3) is 0 Å². The molecule has 1 aliphatic carbocycles. The molecule has 4 heteroatoms. The maximum atomic E-state index is 14.0. The van der Waals surface area contributed by atoms with E-state index in [1.165, 1.54) is 12.5 Å². The summed E-state index contributed by atoms with van der Waals surface area (Å²) in [6, 6.07) is 2.74. The third-order valence-electron chi connectivity index (χ3n) is 3.57. The van der Waals surface area contributed by atoms with Crippen molar-refractivity contribution in [2.45, 2.75) is 38.1 Å². The maximum absolute atomic E-state index is 14.0. The highest BCUT2D eigenvalue weighted by Gasteiger charge is 2.26. The van der Waals surface area contributed by atoms with Crippen molar-refractivity contribution in [2.24, 2.45) is 11.7 Å². The van der Waals surface area contributed by atoms with Gasteiger partial charge in [0.1, 0.15) is 5.82 Å². The van der Waals surface area contributed by atoms with E-state index in [-0.39, 0.29) is 11.1 Å². The number of halogens is 3. The summed E-state index contributed by atoms with van der Waals surface area (Å²) in [6.07, 6.45) is 5.66. The van der Waals surface area contributed by atoms with E-state index < -0.39 is 5.82 Å². The van der Waals surface area contributed by atoms with Gasteiger partial charge in [0.05, 0.1) is 5.02 Å². The third kappa shape index (κ3) is 2.75. The van der Waals surface area contributed by atoms with Gasteiger partial charge in [0.2, 0.25) is 0 Å². The van der Waals surface area contributed by atoms with Crippen molar-refractivity contribution in [1.82, 2.24) is 0 Å². The first-order chi connectivity index (χ1) is 8.11. The van der Waals surface area contributed by atoms with Crippen LogP contribution in [-0.2, 0) is 0 Å². The van der Waals surface area contributed by atoms with Crippen molar-refractivity contribution in [1.29, 1.82) is 0 Å². The van der Waals surface area contributed by atoms with Crippen LogP contribution >= 0.6 is 23.2 Å². The summed E-state index contributed by atoms with van der Waals surface area (Å²) in [5.74, 6) is -0.147. The van der Waals surface area contributed by atoms with Gasteiger partial charge in [-0.2, -0.15) is 0 Å². The summed E-state index contributed by atoms with van der Waals surface area (Å²) in [5, 5.41) is 0.473. The fraction of sp³-hybridized carbons (Fsp3) is 0.538. The highest BCUT2D eigenvalue weighted by atomic mass is 35.5. The Hall–Kier alpha value is -0.310. The molecule has 0 amide bonds. The molecule has 1 aliphatic rings.